The third kappa shape index (κ3) is 4.76. The Morgan fingerprint density at radius 2 is 1.88 bits per heavy atom. The second kappa shape index (κ2) is 8.58. The molecule has 0 spiro atoms. The predicted molar refractivity (Wildman–Crippen MR) is 91.1 cm³/mol. The van der Waals surface area contributed by atoms with Gasteiger partial charge in [0.15, 0.2) is 11.6 Å². The number of hydrogen-bond acceptors (Lipinski definition) is 5. The first-order valence-electron chi connectivity index (χ1n) is 7.55. The lowest BCUT2D eigenvalue weighted by atomic mass is 10.2. The van der Waals surface area contributed by atoms with E-state index in [2.05, 4.69) is 4.74 Å². The second-order valence-electron chi connectivity index (χ2n) is 5.04. The molecule has 134 valence electrons. The minimum absolute atomic E-state index is 0.00841. The van der Waals surface area contributed by atoms with Crippen molar-refractivity contribution in [2.45, 2.75) is 20.5 Å². The monoisotopic (exact) mass is 368 g/mol. The number of carbonyl (C=O) groups is 1. The van der Waals surface area contributed by atoms with Crippen LogP contribution in [0.3, 0.4) is 0 Å². The maximum absolute atomic E-state index is 14.0. The van der Waals surface area contributed by atoms with Gasteiger partial charge in [-0.15, -0.1) is 0 Å². The van der Waals surface area contributed by atoms with Crippen LogP contribution in [-0.4, -0.2) is 19.9 Å². The van der Waals surface area contributed by atoms with Crippen molar-refractivity contribution >= 4 is 17.8 Å². The second-order valence-corrected chi connectivity index (χ2v) is 5.45. The zero-order chi connectivity index (χ0) is 18.4. The summed E-state index contributed by atoms with van der Waals surface area (Å²) in [5.74, 6) is 0.121. The van der Waals surface area contributed by atoms with Crippen LogP contribution in [0.2, 0.25) is 5.02 Å². The van der Waals surface area contributed by atoms with E-state index in [-0.39, 0.29) is 18.1 Å². The maximum atomic E-state index is 14.0. The molecule has 25 heavy (non-hydrogen) atoms. The highest BCUT2D eigenvalue weighted by molar-refractivity contribution is 6.31. The summed E-state index contributed by atoms with van der Waals surface area (Å²) >= 11 is 6.01. The van der Waals surface area contributed by atoms with E-state index in [9.17, 15) is 9.18 Å². The van der Waals surface area contributed by atoms with E-state index >= 15 is 0 Å². The van der Waals surface area contributed by atoms with E-state index in [1.54, 1.807) is 25.1 Å². The topological polar surface area (TPSA) is 54.0 Å². The molecule has 2 rings (SSSR count). The Hall–Kier alpha value is -2.47. The summed E-state index contributed by atoms with van der Waals surface area (Å²) in [4.78, 5) is 11.4. The standard InChI is InChI=1S/C18H18ClFO5/c1-4-23-15-6-5-7-16(25-18(21)22-3)12(15)10-24-17-9-13(19)11(2)8-14(17)20/h5-9H,4,10H2,1-3H3. The van der Waals surface area contributed by atoms with E-state index in [0.29, 0.717) is 28.5 Å². The zero-order valence-corrected chi connectivity index (χ0v) is 14.9. The van der Waals surface area contributed by atoms with Crippen molar-refractivity contribution in [2.24, 2.45) is 0 Å². The van der Waals surface area contributed by atoms with Crippen LogP contribution in [0.5, 0.6) is 17.2 Å². The van der Waals surface area contributed by atoms with Crippen molar-refractivity contribution in [1.29, 1.82) is 0 Å². The summed E-state index contributed by atoms with van der Waals surface area (Å²) < 4.78 is 34.7. The minimum Gasteiger partial charge on any atom is -0.493 e. The van der Waals surface area contributed by atoms with Gasteiger partial charge in [0.05, 0.1) is 19.3 Å². The zero-order valence-electron chi connectivity index (χ0n) is 14.1. The summed E-state index contributed by atoms with van der Waals surface area (Å²) in [7, 11) is 1.20. The predicted octanol–water partition coefficient (Wildman–Crippen LogP) is 4.91. The number of rotatable bonds is 6. The number of methoxy groups -OCH3 is 1. The molecule has 5 nitrogen and oxygen atoms in total. The van der Waals surface area contributed by atoms with Crippen LogP contribution in [0, 0.1) is 12.7 Å². The molecule has 0 saturated heterocycles. The molecule has 0 atom stereocenters. The average Bonchev–Trinajstić information content (AvgIpc) is 2.58. The van der Waals surface area contributed by atoms with Gasteiger partial charge in [0, 0.05) is 11.1 Å². The highest BCUT2D eigenvalue weighted by Crippen LogP contribution is 2.32. The lowest BCUT2D eigenvalue weighted by Gasteiger charge is -2.15. The molecule has 2 aromatic rings. The number of halogens is 2. The van der Waals surface area contributed by atoms with Crippen LogP contribution < -0.4 is 14.2 Å². The van der Waals surface area contributed by atoms with Gasteiger partial charge in [-0.25, -0.2) is 9.18 Å². The van der Waals surface area contributed by atoms with E-state index < -0.39 is 12.0 Å². The van der Waals surface area contributed by atoms with E-state index in [1.165, 1.54) is 19.2 Å². The first-order valence-corrected chi connectivity index (χ1v) is 7.93. The summed E-state index contributed by atoms with van der Waals surface area (Å²) in [6.45, 7) is 3.83. The molecule has 0 N–H and O–H groups in total. The van der Waals surface area contributed by atoms with Crippen molar-refractivity contribution in [3.63, 3.8) is 0 Å². The molecular formula is C18H18ClFO5. The van der Waals surface area contributed by atoms with E-state index in [4.69, 9.17) is 25.8 Å². The molecule has 0 aliphatic heterocycles. The molecule has 0 radical (unpaired) electrons. The van der Waals surface area contributed by atoms with Gasteiger partial charge >= 0.3 is 6.16 Å². The van der Waals surface area contributed by atoms with Crippen LogP contribution in [0.1, 0.15) is 18.1 Å². The van der Waals surface area contributed by atoms with Crippen LogP contribution in [0.15, 0.2) is 30.3 Å². The first kappa shape index (κ1) is 18.9. The van der Waals surface area contributed by atoms with Crippen LogP contribution in [0.4, 0.5) is 9.18 Å². The van der Waals surface area contributed by atoms with Crippen molar-refractivity contribution in [2.75, 3.05) is 13.7 Å². The average molecular weight is 369 g/mol. The molecule has 0 fully saturated rings. The SMILES string of the molecule is CCOc1cccc(OC(=O)OC)c1COc1cc(Cl)c(C)cc1F. The Balaban J connectivity index is 2.30. The number of ether oxygens (including phenoxy) is 4. The van der Waals surface area contributed by atoms with Gasteiger partial charge in [-0.3, -0.25) is 0 Å². The van der Waals surface area contributed by atoms with Gasteiger partial charge in [-0.1, -0.05) is 17.7 Å². The molecule has 7 heteroatoms. The van der Waals surface area contributed by atoms with Crippen LogP contribution >= 0.6 is 11.6 Å². The number of carbonyl (C=O) groups excluding carboxylic acids is 1. The lowest BCUT2D eigenvalue weighted by Crippen LogP contribution is -2.11. The third-order valence-corrected chi connectivity index (χ3v) is 3.74. The highest BCUT2D eigenvalue weighted by Gasteiger charge is 2.16. The Morgan fingerprint density at radius 3 is 2.56 bits per heavy atom. The smallest absolute Gasteiger partial charge is 0.493 e. The Bertz CT molecular complexity index is 763. The molecule has 2 aromatic carbocycles. The number of benzene rings is 2. The molecule has 0 unspecified atom stereocenters. The summed E-state index contributed by atoms with van der Waals surface area (Å²) in [5, 5.41) is 0.389. The largest absolute Gasteiger partial charge is 0.513 e. The Kier molecular flexibility index (Phi) is 6.47. The van der Waals surface area contributed by atoms with Crippen molar-refractivity contribution in [3.05, 3.63) is 52.3 Å². The first-order chi connectivity index (χ1) is 12.0. The fourth-order valence-corrected chi connectivity index (χ4v) is 2.25. The Morgan fingerprint density at radius 1 is 1.16 bits per heavy atom. The van der Waals surface area contributed by atoms with Gasteiger partial charge in [-0.2, -0.15) is 0 Å². The number of hydrogen-bond donors (Lipinski definition) is 0. The fourth-order valence-electron chi connectivity index (χ4n) is 2.09. The van der Waals surface area contributed by atoms with Gasteiger partial charge in [0.2, 0.25) is 0 Å². The van der Waals surface area contributed by atoms with E-state index in [1.807, 2.05) is 6.92 Å². The quantitative estimate of drug-likeness (QED) is 0.535. The van der Waals surface area contributed by atoms with Crippen LogP contribution in [-0.2, 0) is 11.3 Å². The van der Waals surface area contributed by atoms with Gasteiger partial charge in [0.1, 0.15) is 18.1 Å². The molecule has 0 aliphatic carbocycles. The molecule has 0 aromatic heterocycles. The molecule has 0 amide bonds. The minimum atomic E-state index is -0.876. The molecule has 0 aliphatic rings. The van der Waals surface area contributed by atoms with Crippen LogP contribution in [0.25, 0.3) is 0 Å². The van der Waals surface area contributed by atoms with Crippen molar-refractivity contribution in [3.8, 4) is 17.2 Å². The fraction of sp³-hybridized carbons (Fsp3) is 0.278. The number of aryl methyl sites for hydroxylation is 1. The van der Waals surface area contributed by atoms with Crippen molar-refractivity contribution in [1.82, 2.24) is 0 Å². The molecular weight excluding hydrogens is 351 g/mol. The van der Waals surface area contributed by atoms with Gasteiger partial charge in [-0.05, 0) is 37.6 Å². The van der Waals surface area contributed by atoms with E-state index in [0.717, 1.165) is 0 Å². The summed E-state index contributed by atoms with van der Waals surface area (Å²) in [5.41, 5.74) is 1.06. The van der Waals surface area contributed by atoms with Gasteiger partial charge < -0.3 is 18.9 Å². The maximum Gasteiger partial charge on any atom is 0.513 e. The lowest BCUT2D eigenvalue weighted by molar-refractivity contribution is 0.120. The Labute approximate surface area is 150 Å². The van der Waals surface area contributed by atoms with Crippen molar-refractivity contribution < 1.29 is 28.1 Å². The summed E-state index contributed by atoms with van der Waals surface area (Å²) in [6.07, 6.45) is -0.876. The third-order valence-electron chi connectivity index (χ3n) is 3.34. The van der Waals surface area contributed by atoms with Gasteiger partial charge in [0.25, 0.3) is 0 Å². The molecule has 0 saturated carbocycles. The molecule has 0 heterocycles. The normalized spacial score (nSPS) is 10.3. The summed E-state index contributed by atoms with van der Waals surface area (Å²) in [6, 6.07) is 7.62. The highest BCUT2D eigenvalue weighted by atomic mass is 35.5. The molecule has 0 bridgehead atoms.